The molecule has 106 valence electrons. The molecule has 1 aromatic heterocycles. The van der Waals surface area contributed by atoms with Crippen LogP contribution in [0.15, 0.2) is 5.03 Å². The Labute approximate surface area is 119 Å². The third kappa shape index (κ3) is 3.83. The molecule has 1 unspecified atom stereocenters. The fourth-order valence-electron chi connectivity index (χ4n) is 2.21. The van der Waals surface area contributed by atoms with Gasteiger partial charge in [0.2, 0.25) is 0 Å². The van der Waals surface area contributed by atoms with Crippen molar-refractivity contribution in [3.8, 4) is 0 Å². The van der Waals surface area contributed by atoms with Crippen LogP contribution in [0.1, 0.15) is 37.6 Å². The maximum atomic E-state index is 5.67. The molecule has 0 bridgehead atoms. The minimum atomic E-state index is 0.395. The van der Waals surface area contributed by atoms with Crippen molar-refractivity contribution in [2.24, 2.45) is 0 Å². The Balaban J connectivity index is 2.09. The molecule has 0 aromatic carbocycles. The van der Waals surface area contributed by atoms with Crippen molar-refractivity contribution >= 4 is 17.6 Å². The molecule has 1 N–H and O–H groups in total. The van der Waals surface area contributed by atoms with Gasteiger partial charge in [-0.2, -0.15) is 0 Å². The minimum absolute atomic E-state index is 0.395. The monoisotopic (exact) mass is 281 g/mol. The van der Waals surface area contributed by atoms with Crippen molar-refractivity contribution in [3.63, 3.8) is 0 Å². The van der Waals surface area contributed by atoms with Gasteiger partial charge in [0.05, 0.1) is 6.10 Å². The minimum Gasteiger partial charge on any atom is -0.377 e. The van der Waals surface area contributed by atoms with Crippen molar-refractivity contribution in [2.45, 2.75) is 50.7 Å². The van der Waals surface area contributed by atoms with E-state index in [1.165, 1.54) is 12.8 Å². The van der Waals surface area contributed by atoms with Gasteiger partial charge in [-0.3, -0.25) is 0 Å². The van der Waals surface area contributed by atoms with Gasteiger partial charge in [-0.1, -0.05) is 6.92 Å². The van der Waals surface area contributed by atoms with E-state index in [9.17, 15) is 0 Å². The first-order valence-corrected chi connectivity index (χ1v) is 8.02. The Morgan fingerprint density at radius 1 is 1.42 bits per heavy atom. The summed E-state index contributed by atoms with van der Waals surface area (Å²) in [6.45, 7) is 5.15. The van der Waals surface area contributed by atoms with Gasteiger partial charge in [-0.15, -0.1) is 11.8 Å². The van der Waals surface area contributed by atoms with Crippen LogP contribution in [0, 0.1) is 6.92 Å². The molecule has 0 spiro atoms. The lowest BCUT2D eigenvalue weighted by Crippen LogP contribution is -2.10. The number of anilines is 1. The van der Waals surface area contributed by atoms with Gasteiger partial charge in [0.15, 0.2) is 0 Å². The maximum absolute atomic E-state index is 5.67. The molecule has 4 nitrogen and oxygen atoms in total. The molecule has 2 heterocycles. The third-order valence-corrected chi connectivity index (χ3v) is 4.50. The Morgan fingerprint density at radius 2 is 2.26 bits per heavy atom. The second kappa shape index (κ2) is 7.10. The lowest BCUT2D eigenvalue weighted by molar-refractivity contribution is 0.129. The first-order valence-electron chi connectivity index (χ1n) is 7.04. The quantitative estimate of drug-likeness (QED) is 0.641. The van der Waals surface area contributed by atoms with Gasteiger partial charge >= 0.3 is 0 Å². The lowest BCUT2D eigenvalue weighted by Gasteiger charge is -2.13. The number of hydrogen-bond donors (Lipinski definition) is 1. The number of nitrogens with zero attached hydrogens (tertiary/aromatic N) is 2. The Bertz CT molecular complexity index is 419. The van der Waals surface area contributed by atoms with Gasteiger partial charge in [-0.25, -0.2) is 9.97 Å². The maximum Gasteiger partial charge on any atom is 0.133 e. The Kier molecular flexibility index (Phi) is 5.45. The average Bonchev–Trinajstić information content (AvgIpc) is 2.92. The van der Waals surface area contributed by atoms with E-state index in [1.54, 1.807) is 11.8 Å². The number of ether oxygens (including phenoxy) is 1. The number of aromatic nitrogens is 2. The molecular weight excluding hydrogens is 258 g/mol. The van der Waals surface area contributed by atoms with Crippen LogP contribution in [0.25, 0.3) is 0 Å². The fourth-order valence-corrected chi connectivity index (χ4v) is 3.30. The Hall–Kier alpha value is -0.810. The van der Waals surface area contributed by atoms with Crippen molar-refractivity contribution in [1.82, 2.24) is 9.97 Å². The van der Waals surface area contributed by atoms with E-state index in [1.807, 2.05) is 7.05 Å². The molecule has 1 fully saturated rings. The fraction of sp³-hybridized carbons (Fsp3) is 0.714. The van der Waals surface area contributed by atoms with Crippen LogP contribution in [0.4, 0.5) is 5.82 Å². The Morgan fingerprint density at radius 3 is 2.89 bits per heavy atom. The molecule has 0 radical (unpaired) electrons. The number of aryl methyl sites for hydroxylation is 1. The summed E-state index contributed by atoms with van der Waals surface area (Å²) in [5, 5.41) is 4.26. The van der Waals surface area contributed by atoms with Crippen LogP contribution >= 0.6 is 11.8 Å². The van der Waals surface area contributed by atoms with Gasteiger partial charge in [0.25, 0.3) is 0 Å². The number of rotatable bonds is 6. The summed E-state index contributed by atoms with van der Waals surface area (Å²) in [4.78, 5) is 9.24. The summed E-state index contributed by atoms with van der Waals surface area (Å²) in [5.41, 5.74) is 1.14. The van der Waals surface area contributed by atoms with E-state index < -0.39 is 0 Å². The SMILES string of the molecule is CCCc1nc(NC)c(C)c(SCC2CCCO2)n1. The summed E-state index contributed by atoms with van der Waals surface area (Å²) in [6.07, 6.45) is 4.77. The highest BCUT2D eigenvalue weighted by atomic mass is 32.2. The van der Waals surface area contributed by atoms with E-state index in [4.69, 9.17) is 4.74 Å². The molecule has 1 aliphatic rings. The molecule has 5 heteroatoms. The second-order valence-corrected chi connectivity index (χ2v) is 5.87. The van der Waals surface area contributed by atoms with Gasteiger partial charge in [-0.05, 0) is 26.2 Å². The predicted octanol–water partition coefficient (Wildman–Crippen LogP) is 3.05. The largest absolute Gasteiger partial charge is 0.377 e. The van der Waals surface area contributed by atoms with Crippen LogP contribution in [0.2, 0.25) is 0 Å². The van der Waals surface area contributed by atoms with Crippen molar-refractivity contribution in [2.75, 3.05) is 24.7 Å². The summed E-state index contributed by atoms with van der Waals surface area (Å²) in [7, 11) is 1.92. The highest BCUT2D eigenvalue weighted by Crippen LogP contribution is 2.28. The lowest BCUT2D eigenvalue weighted by atomic mass is 10.3. The zero-order valence-electron chi connectivity index (χ0n) is 12.0. The molecular formula is C14H23N3OS. The van der Waals surface area contributed by atoms with Crippen molar-refractivity contribution in [1.29, 1.82) is 0 Å². The zero-order valence-corrected chi connectivity index (χ0v) is 12.8. The third-order valence-electron chi connectivity index (χ3n) is 3.29. The zero-order chi connectivity index (χ0) is 13.7. The van der Waals surface area contributed by atoms with E-state index in [2.05, 4.69) is 29.1 Å². The molecule has 0 amide bonds. The van der Waals surface area contributed by atoms with E-state index in [0.29, 0.717) is 6.10 Å². The summed E-state index contributed by atoms with van der Waals surface area (Å²) >= 11 is 1.80. The van der Waals surface area contributed by atoms with Crippen LogP contribution in [0.5, 0.6) is 0 Å². The molecule has 1 saturated heterocycles. The average molecular weight is 281 g/mol. The molecule has 1 aromatic rings. The number of thioether (sulfide) groups is 1. The van der Waals surface area contributed by atoms with Crippen molar-refractivity contribution < 1.29 is 4.74 Å². The number of nitrogens with one attached hydrogen (secondary N) is 1. The van der Waals surface area contributed by atoms with Crippen LogP contribution in [0.3, 0.4) is 0 Å². The molecule has 0 saturated carbocycles. The highest BCUT2D eigenvalue weighted by molar-refractivity contribution is 7.99. The summed E-state index contributed by atoms with van der Waals surface area (Å²) in [5.74, 6) is 2.88. The standard InChI is InChI=1S/C14H23N3OS/c1-4-6-12-16-13(15-3)10(2)14(17-12)19-9-11-7-5-8-18-11/h11H,4-9H2,1-3H3,(H,15,16,17). The molecule has 2 rings (SSSR count). The van der Waals surface area contributed by atoms with Gasteiger partial charge in [0.1, 0.15) is 16.7 Å². The molecule has 1 aliphatic heterocycles. The summed E-state index contributed by atoms with van der Waals surface area (Å²) in [6, 6.07) is 0. The molecule has 1 atom stereocenters. The van der Waals surface area contributed by atoms with E-state index in [0.717, 1.165) is 47.4 Å². The predicted molar refractivity (Wildman–Crippen MR) is 80.0 cm³/mol. The van der Waals surface area contributed by atoms with E-state index >= 15 is 0 Å². The summed E-state index contributed by atoms with van der Waals surface area (Å²) < 4.78 is 5.67. The highest BCUT2D eigenvalue weighted by Gasteiger charge is 2.17. The molecule has 0 aliphatic carbocycles. The van der Waals surface area contributed by atoms with Crippen LogP contribution in [-0.4, -0.2) is 35.5 Å². The first kappa shape index (κ1) is 14.6. The van der Waals surface area contributed by atoms with Gasteiger partial charge < -0.3 is 10.1 Å². The second-order valence-electron chi connectivity index (χ2n) is 4.86. The smallest absolute Gasteiger partial charge is 0.133 e. The van der Waals surface area contributed by atoms with Crippen molar-refractivity contribution in [3.05, 3.63) is 11.4 Å². The van der Waals surface area contributed by atoms with Gasteiger partial charge in [0, 0.05) is 31.4 Å². The van der Waals surface area contributed by atoms with E-state index in [-0.39, 0.29) is 0 Å². The first-order chi connectivity index (χ1) is 9.24. The molecule has 19 heavy (non-hydrogen) atoms. The van der Waals surface area contributed by atoms with Crippen LogP contribution in [-0.2, 0) is 11.2 Å². The normalized spacial score (nSPS) is 18.8. The van der Waals surface area contributed by atoms with Crippen LogP contribution < -0.4 is 5.32 Å². The topological polar surface area (TPSA) is 47.0 Å². The number of hydrogen-bond acceptors (Lipinski definition) is 5.